The van der Waals surface area contributed by atoms with Gasteiger partial charge in [-0.15, -0.1) is 0 Å². The van der Waals surface area contributed by atoms with Crippen LogP contribution in [0.15, 0.2) is 0 Å². The maximum atomic E-state index is 11.6. The Morgan fingerprint density at radius 1 is 1.20 bits per heavy atom. The molecule has 0 bridgehead atoms. The van der Waals surface area contributed by atoms with Crippen LogP contribution in [0.25, 0.3) is 0 Å². The molecule has 1 N–H and O–H groups in total. The van der Waals surface area contributed by atoms with Crippen LogP contribution in [0, 0.1) is 0 Å². The third-order valence-electron chi connectivity index (χ3n) is 2.64. The fraction of sp³-hybridized carbons (Fsp3) is 0.917. The normalized spacial score (nSPS) is 14.7. The van der Waals surface area contributed by atoms with Crippen molar-refractivity contribution in [3.8, 4) is 0 Å². The summed E-state index contributed by atoms with van der Waals surface area (Å²) >= 11 is 0. The molecule has 90 valence electrons. The molecule has 0 rings (SSSR count). The number of rotatable bonds is 8. The highest BCUT2D eigenvalue weighted by atomic mass is 16.5. The van der Waals surface area contributed by atoms with Gasteiger partial charge in [-0.25, -0.2) is 4.79 Å². The largest absolute Gasteiger partial charge is 0.464 e. The minimum atomic E-state index is -1.26. The maximum absolute atomic E-state index is 11.6. The smallest absolute Gasteiger partial charge is 0.338 e. The summed E-state index contributed by atoms with van der Waals surface area (Å²) in [6, 6.07) is 0. The van der Waals surface area contributed by atoms with Crippen LogP contribution < -0.4 is 0 Å². The minimum absolute atomic E-state index is 0.420. The first-order valence-corrected chi connectivity index (χ1v) is 6.00. The molecule has 3 nitrogen and oxygen atoms in total. The summed E-state index contributed by atoms with van der Waals surface area (Å²) in [6.07, 6.45) is 4.62. The molecule has 0 aromatic rings. The average molecular weight is 216 g/mol. The van der Waals surface area contributed by atoms with E-state index in [0.29, 0.717) is 19.4 Å². The lowest BCUT2D eigenvalue weighted by Gasteiger charge is -2.24. The zero-order valence-corrected chi connectivity index (χ0v) is 10.2. The van der Waals surface area contributed by atoms with Crippen LogP contribution in [-0.4, -0.2) is 23.3 Å². The monoisotopic (exact) mass is 216 g/mol. The van der Waals surface area contributed by atoms with Gasteiger partial charge in [-0.05, 0) is 19.3 Å². The van der Waals surface area contributed by atoms with Gasteiger partial charge in [0.05, 0.1) is 6.61 Å². The van der Waals surface area contributed by atoms with Crippen LogP contribution in [0.2, 0.25) is 0 Å². The molecule has 0 saturated heterocycles. The fourth-order valence-electron chi connectivity index (χ4n) is 1.34. The number of esters is 1. The first-order valence-electron chi connectivity index (χ1n) is 6.00. The molecule has 1 unspecified atom stereocenters. The molecule has 0 aliphatic rings. The van der Waals surface area contributed by atoms with E-state index in [-0.39, 0.29) is 0 Å². The van der Waals surface area contributed by atoms with Crippen LogP contribution in [-0.2, 0) is 9.53 Å². The van der Waals surface area contributed by atoms with Crippen LogP contribution in [0.1, 0.15) is 59.3 Å². The third-order valence-corrected chi connectivity index (χ3v) is 2.64. The number of hydrogen-bond donors (Lipinski definition) is 1. The van der Waals surface area contributed by atoms with Gasteiger partial charge in [-0.2, -0.15) is 0 Å². The molecule has 0 radical (unpaired) electrons. The summed E-state index contributed by atoms with van der Waals surface area (Å²) < 4.78 is 5.05. The van der Waals surface area contributed by atoms with Crippen LogP contribution in [0.3, 0.4) is 0 Å². The van der Waals surface area contributed by atoms with E-state index in [1.165, 1.54) is 0 Å². The maximum Gasteiger partial charge on any atom is 0.338 e. The summed E-state index contributed by atoms with van der Waals surface area (Å²) in [4.78, 5) is 11.6. The number of ether oxygens (including phenoxy) is 1. The molecule has 0 aromatic heterocycles. The lowest BCUT2D eigenvalue weighted by Crippen LogP contribution is -2.39. The van der Waals surface area contributed by atoms with E-state index >= 15 is 0 Å². The molecule has 1 atom stereocenters. The van der Waals surface area contributed by atoms with Crippen molar-refractivity contribution in [2.45, 2.75) is 64.9 Å². The first-order chi connectivity index (χ1) is 7.10. The summed E-state index contributed by atoms with van der Waals surface area (Å²) in [5.74, 6) is -0.452. The van der Waals surface area contributed by atoms with E-state index < -0.39 is 11.6 Å². The number of aliphatic hydroxyl groups is 1. The van der Waals surface area contributed by atoms with Gasteiger partial charge >= 0.3 is 5.97 Å². The second-order valence-corrected chi connectivity index (χ2v) is 3.98. The van der Waals surface area contributed by atoms with Crippen molar-refractivity contribution >= 4 is 5.97 Å². The molecule has 0 amide bonds. The Hall–Kier alpha value is -0.570. The number of carbonyl (C=O) groups excluding carboxylic acids is 1. The molecule has 0 fully saturated rings. The standard InChI is InChI=1S/C12H24O3/c1-4-7-9-12(14,6-3)11(13)15-10-8-5-2/h14H,4-10H2,1-3H3. The predicted octanol–water partition coefficient (Wildman–Crippen LogP) is 2.66. The molecular weight excluding hydrogens is 192 g/mol. The zero-order valence-electron chi connectivity index (χ0n) is 10.2. The lowest BCUT2D eigenvalue weighted by atomic mass is 9.94. The van der Waals surface area contributed by atoms with Gasteiger partial charge in [0.2, 0.25) is 0 Å². The average Bonchev–Trinajstić information content (AvgIpc) is 2.26. The predicted molar refractivity (Wildman–Crippen MR) is 60.6 cm³/mol. The van der Waals surface area contributed by atoms with Crippen molar-refractivity contribution in [2.24, 2.45) is 0 Å². The van der Waals surface area contributed by atoms with E-state index in [1.807, 2.05) is 20.8 Å². The molecule has 3 heteroatoms. The molecular formula is C12H24O3. The molecule has 0 aliphatic carbocycles. The topological polar surface area (TPSA) is 46.5 Å². The number of hydrogen-bond acceptors (Lipinski definition) is 3. The third kappa shape index (κ3) is 5.17. The zero-order chi connectivity index (χ0) is 11.7. The highest BCUT2D eigenvalue weighted by molar-refractivity contribution is 5.79. The van der Waals surface area contributed by atoms with Crippen molar-refractivity contribution in [1.82, 2.24) is 0 Å². The number of carbonyl (C=O) groups is 1. The summed E-state index contributed by atoms with van der Waals surface area (Å²) in [7, 11) is 0. The fourth-order valence-corrected chi connectivity index (χ4v) is 1.34. The van der Waals surface area contributed by atoms with Gasteiger partial charge in [-0.1, -0.05) is 40.0 Å². The van der Waals surface area contributed by atoms with Gasteiger partial charge < -0.3 is 9.84 Å². The van der Waals surface area contributed by atoms with E-state index in [4.69, 9.17) is 4.74 Å². The Morgan fingerprint density at radius 3 is 2.27 bits per heavy atom. The first kappa shape index (κ1) is 14.4. The minimum Gasteiger partial charge on any atom is -0.464 e. The summed E-state index contributed by atoms with van der Waals surface area (Å²) in [5.41, 5.74) is -1.26. The van der Waals surface area contributed by atoms with Crippen molar-refractivity contribution < 1.29 is 14.6 Å². The molecule has 15 heavy (non-hydrogen) atoms. The van der Waals surface area contributed by atoms with Crippen LogP contribution >= 0.6 is 0 Å². The quantitative estimate of drug-likeness (QED) is 0.501. The van der Waals surface area contributed by atoms with E-state index in [9.17, 15) is 9.90 Å². The van der Waals surface area contributed by atoms with Gasteiger partial charge in [0, 0.05) is 0 Å². The molecule has 0 aromatic carbocycles. The van der Waals surface area contributed by atoms with Gasteiger partial charge in [0.25, 0.3) is 0 Å². The Kier molecular flexibility index (Phi) is 7.39. The number of unbranched alkanes of at least 4 members (excludes halogenated alkanes) is 2. The highest BCUT2D eigenvalue weighted by Gasteiger charge is 2.34. The Balaban J connectivity index is 4.06. The van der Waals surface area contributed by atoms with Crippen molar-refractivity contribution in [3.63, 3.8) is 0 Å². The van der Waals surface area contributed by atoms with Crippen molar-refractivity contribution in [1.29, 1.82) is 0 Å². The van der Waals surface area contributed by atoms with Crippen molar-refractivity contribution in [3.05, 3.63) is 0 Å². The molecule has 0 saturated carbocycles. The SMILES string of the molecule is CCCCOC(=O)C(O)(CC)CCCC. The summed E-state index contributed by atoms with van der Waals surface area (Å²) in [5, 5.41) is 10.0. The van der Waals surface area contributed by atoms with Gasteiger partial charge in [-0.3, -0.25) is 0 Å². The summed E-state index contributed by atoms with van der Waals surface area (Å²) in [6.45, 7) is 6.32. The van der Waals surface area contributed by atoms with Crippen LogP contribution in [0.4, 0.5) is 0 Å². The van der Waals surface area contributed by atoms with E-state index in [0.717, 1.165) is 25.7 Å². The second-order valence-electron chi connectivity index (χ2n) is 3.98. The van der Waals surface area contributed by atoms with E-state index in [2.05, 4.69) is 0 Å². The molecule has 0 spiro atoms. The van der Waals surface area contributed by atoms with Crippen LogP contribution in [0.5, 0.6) is 0 Å². The van der Waals surface area contributed by atoms with Gasteiger partial charge in [0.15, 0.2) is 5.60 Å². The highest BCUT2D eigenvalue weighted by Crippen LogP contribution is 2.20. The lowest BCUT2D eigenvalue weighted by molar-refractivity contribution is -0.167. The second kappa shape index (κ2) is 7.69. The van der Waals surface area contributed by atoms with E-state index in [1.54, 1.807) is 0 Å². The molecule has 0 heterocycles. The Morgan fingerprint density at radius 2 is 1.80 bits per heavy atom. The Bertz CT molecular complexity index is 180. The Labute approximate surface area is 92.8 Å². The molecule has 0 aliphatic heterocycles. The van der Waals surface area contributed by atoms with Gasteiger partial charge in [0.1, 0.15) is 0 Å². The van der Waals surface area contributed by atoms with Crippen molar-refractivity contribution in [2.75, 3.05) is 6.61 Å².